The Labute approximate surface area is 139 Å². The number of fused-ring (bicyclic) bond motifs is 1. The molecule has 0 aliphatic carbocycles. The summed E-state index contributed by atoms with van der Waals surface area (Å²) in [5.74, 6) is -1.06. The Bertz CT molecular complexity index is 1010. The van der Waals surface area contributed by atoms with Crippen LogP contribution in [0.25, 0.3) is 10.9 Å². The molecule has 0 aliphatic heterocycles. The number of nitrogens with zero attached hydrogens (tertiary/aromatic N) is 2. The summed E-state index contributed by atoms with van der Waals surface area (Å²) in [6.45, 7) is 0. The van der Waals surface area contributed by atoms with E-state index in [1.165, 1.54) is 37.4 Å². The number of rotatable bonds is 4. The lowest BCUT2D eigenvalue weighted by atomic mass is 10.2. The molecule has 0 saturated heterocycles. The van der Waals surface area contributed by atoms with Gasteiger partial charge in [-0.2, -0.15) is 0 Å². The molecule has 6 nitrogen and oxygen atoms in total. The molecule has 0 aliphatic rings. The van der Waals surface area contributed by atoms with Crippen LogP contribution < -0.4 is 4.31 Å². The van der Waals surface area contributed by atoms with Crippen LogP contribution in [-0.4, -0.2) is 31.5 Å². The molecule has 1 aromatic heterocycles. The topological polar surface area (TPSA) is 87.6 Å². The fraction of sp³-hybridized carbons (Fsp3) is 0.0588. The molecule has 0 spiro atoms. The molecule has 7 heteroatoms. The zero-order chi connectivity index (χ0) is 17.3. The number of hydrogen-bond donors (Lipinski definition) is 1. The Morgan fingerprint density at radius 2 is 1.79 bits per heavy atom. The monoisotopic (exact) mass is 342 g/mol. The normalized spacial score (nSPS) is 11.4. The Balaban J connectivity index is 2.00. The van der Waals surface area contributed by atoms with Crippen LogP contribution in [0.2, 0.25) is 0 Å². The van der Waals surface area contributed by atoms with Gasteiger partial charge in [-0.25, -0.2) is 13.2 Å². The van der Waals surface area contributed by atoms with Gasteiger partial charge >= 0.3 is 5.97 Å². The molecule has 2 aromatic carbocycles. The average Bonchev–Trinajstić information content (AvgIpc) is 2.60. The number of anilines is 1. The zero-order valence-corrected chi connectivity index (χ0v) is 13.6. The summed E-state index contributed by atoms with van der Waals surface area (Å²) in [7, 11) is -2.33. The molecular formula is C17H14N2O4S. The standard InChI is InChI=1S/C17H14N2O4S/c1-19(14-6-4-12(5-7-14)17(20)21)24(22,23)15-8-9-16-13(11-15)3-2-10-18-16/h2-11H,1H3,(H,20,21). The van der Waals surface area contributed by atoms with Gasteiger partial charge in [0.1, 0.15) is 0 Å². The molecule has 0 bridgehead atoms. The Hall–Kier alpha value is -2.93. The van der Waals surface area contributed by atoms with Crippen molar-refractivity contribution < 1.29 is 18.3 Å². The molecule has 3 aromatic rings. The largest absolute Gasteiger partial charge is 0.478 e. The van der Waals surface area contributed by atoms with E-state index < -0.39 is 16.0 Å². The molecule has 0 unspecified atom stereocenters. The second kappa shape index (κ2) is 5.93. The van der Waals surface area contributed by atoms with Crippen LogP contribution in [-0.2, 0) is 10.0 Å². The quantitative estimate of drug-likeness (QED) is 0.788. The third-order valence-corrected chi connectivity index (χ3v) is 5.49. The fourth-order valence-corrected chi connectivity index (χ4v) is 3.56. The van der Waals surface area contributed by atoms with E-state index in [4.69, 9.17) is 5.11 Å². The van der Waals surface area contributed by atoms with E-state index in [-0.39, 0.29) is 10.5 Å². The SMILES string of the molecule is CN(c1ccc(C(=O)O)cc1)S(=O)(=O)c1ccc2ncccc2c1. The van der Waals surface area contributed by atoms with Crippen LogP contribution >= 0.6 is 0 Å². The number of benzene rings is 2. The number of pyridine rings is 1. The first-order chi connectivity index (χ1) is 11.4. The van der Waals surface area contributed by atoms with Gasteiger partial charge < -0.3 is 5.11 Å². The Morgan fingerprint density at radius 1 is 1.08 bits per heavy atom. The number of aromatic nitrogens is 1. The molecular weight excluding hydrogens is 328 g/mol. The molecule has 0 amide bonds. The van der Waals surface area contributed by atoms with Crippen molar-refractivity contribution in [1.29, 1.82) is 0 Å². The van der Waals surface area contributed by atoms with Gasteiger partial charge in [0, 0.05) is 18.6 Å². The van der Waals surface area contributed by atoms with Crippen molar-refractivity contribution in [2.45, 2.75) is 4.90 Å². The van der Waals surface area contributed by atoms with Gasteiger partial charge in [0.25, 0.3) is 10.0 Å². The predicted octanol–water partition coefficient (Wildman–Crippen LogP) is 2.76. The lowest BCUT2D eigenvalue weighted by Crippen LogP contribution is -2.26. The van der Waals surface area contributed by atoms with Crippen LogP contribution in [0.5, 0.6) is 0 Å². The van der Waals surface area contributed by atoms with Crippen molar-refractivity contribution in [2.75, 3.05) is 11.4 Å². The summed E-state index contributed by atoms with van der Waals surface area (Å²) in [4.78, 5) is 15.2. The number of sulfonamides is 1. The summed E-state index contributed by atoms with van der Waals surface area (Å²) in [6.07, 6.45) is 1.65. The Kier molecular flexibility index (Phi) is 3.94. The highest BCUT2D eigenvalue weighted by Gasteiger charge is 2.21. The van der Waals surface area contributed by atoms with E-state index in [1.807, 2.05) is 0 Å². The number of aromatic carboxylic acids is 1. The second-order valence-electron chi connectivity index (χ2n) is 5.18. The van der Waals surface area contributed by atoms with Crippen molar-refractivity contribution in [3.8, 4) is 0 Å². The summed E-state index contributed by atoms with van der Waals surface area (Å²) < 4.78 is 26.7. The number of carbonyl (C=O) groups is 1. The number of hydrogen-bond acceptors (Lipinski definition) is 4. The minimum Gasteiger partial charge on any atom is -0.478 e. The smallest absolute Gasteiger partial charge is 0.335 e. The van der Waals surface area contributed by atoms with Crippen molar-refractivity contribution >= 4 is 32.6 Å². The highest BCUT2D eigenvalue weighted by Crippen LogP contribution is 2.24. The lowest BCUT2D eigenvalue weighted by Gasteiger charge is -2.19. The fourth-order valence-electron chi connectivity index (χ4n) is 2.32. The van der Waals surface area contributed by atoms with E-state index in [0.717, 1.165) is 9.69 Å². The molecule has 0 fully saturated rings. The molecule has 0 atom stereocenters. The average molecular weight is 342 g/mol. The summed E-state index contributed by atoms with van der Waals surface area (Å²) in [6, 6.07) is 13.9. The van der Waals surface area contributed by atoms with Gasteiger partial charge in [0.15, 0.2) is 0 Å². The lowest BCUT2D eigenvalue weighted by molar-refractivity contribution is 0.0697. The first-order valence-corrected chi connectivity index (χ1v) is 8.51. The highest BCUT2D eigenvalue weighted by molar-refractivity contribution is 7.92. The van der Waals surface area contributed by atoms with E-state index in [9.17, 15) is 13.2 Å². The summed E-state index contributed by atoms with van der Waals surface area (Å²) in [5, 5.41) is 9.64. The molecule has 122 valence electrons. The maximum absolute atomic E-state index is 12.8. The summed E-state index contributed by atoms with van der Waals surface area (Å²) >= 11 is 0. The third-order valence-electron chi connectivity index (χ3n) is 3.71. The minimum atomic E-state index is -3.76. The molecule has 24 heavy (non-hydrogen) atoms. The van der Waals surface area contributed by atoms with Crippen LogP contribution in [0.3, 0.4) is 0 Å². The van der Waals surface area contributed by atoms with Gasteiger partial charge in [0.05, 0.1) is 21.7 Å². The van der Waals surface area contributed by atoms with Gasteiger partial charge in [-0.3, -0.25) is 9.29 Å². The van der Waals surface area contributed by atoms with Crippen LogP contribution in [0.4, 0.5) is 5.69 Å². The van der Waals surface area contributed by atoms with Gasteiger partial charge in [-0.15, -0.1) is 0 Å². The predicted molar refractivity (Wildman–Crippen MR) is 90.7 cm³/mol. The molecule has 0 saturated carbocycles. The third kappa shape index (κ3) is 2.81. The van der Waals surface area contributed by atoms with Crippen LogP contribution in [0.1, 0.15) is 10.4 Å². The van der Waals surface area contributed by atoms with Crippen LogP contribution in [0.15, 0.2) is 65.7 Å². The number of carboxylic acids is 1. The maximum atomic E-state index is 12.8. The first kappa shape index (κ1) is 15.9. The van der Waals surface area contributed by atoms with Crippen molar-refractivity contribution in [1.82, 2.24) is 4.98 Å². The maximum Gasteiger partial charge on any atom is 0.335 e. The zero-order valence-electron chi connectivity index (χ0n) is 12.7. The van der Waals surface area contributed by atoms with Gasteiger partial charge in [-0.1, -0.05) is 6.07 Å². The molecule has 1 heterocycles. The van der Waals surface area contributed by atoms with Crippen molar-refractivity contribution in [3.63, 3.8) is 0 Å². The van der Waals surface area contributed by atoms with E-state index in [2.05, 4.69) is 4.98 Å². The first-order valence-electron chi connectivity index (χ1n) is 7.07. The van der Waals surface area contributed by atoms with E-state index in [1.54, 1.807) is 30.5 Å². The highest BCUT2D eigenvalue weighted by atomic mass is 32.2. The van der Waals surface area contributed by atoms with Gasteiger partial charge in [-0.05, 0) is 48.5 Å². The van der Waals surface area contributed by atoms with E-state index in [0.29, 0.717) is 11.2 Å². The second-order valence-corrected chi connectivity index (χ2v) is 7.15. The molecule has 1 N–H and O–H groups in total. The molecule has 3 rings (SSSR count). The van der Waals surface area contributed by atoms with Crippen LogP contribution in [0, 0.1) is 0 Å². The Morgan fingerprint density at radius 3 is 2.46 bits per heavy atom. The van der Waals surface area contributed by atoms with E-state index >= 15 is 0 Å². The summed E-state index contributed by atoms with van der Waals surface area (Å²) in [5.41, 5.74) is 1.19. The minimum absolute atomic E-state index is 0.0985. The van der Waals surface area contributed by atoms with Crippen molar-refractivity contribution in [3.05, 3.63) is 66.4 Å². The number of carboxylic acid groups (broad SMARTS) is 1. The van der Waals surface area contributed by atoms with Crippen molar-refractivity contribution in [2.24, 2.45) is 0 Å². The molecule has 0 radical (unpaired) electrons. The van der Waals surface area contributed by atoms with Gasteiger partial charge in [0.2, 0.25) is 0 Å².